The van der Waals surface area contributed by atoms with E-state index in [4.69, 9.17) is 28.4 Å². The maximum atomic E-state index is 12.9. The number of benzene rings is 4. The lowest BCUT2D eigenvalue weighted by Gasteiger charge is -2.45. The second kappa shape index (κ2) is 15.4. The largest absolute Gasteiger partial charge is 0.368 e. The van der Waals surface area contributed by atoms with E-state index in [2.05, 4.69) is 0 Å². The summed E-state index contributed by atoms with van der Waals surface area (Å²) < 4.78 is 37.9. The molecular formula is C37H37NO8. The first-order valence-electron chi connectivity index (χ1n) is 15.3. The SMILES string of the molecule is CO[C@@H]1O[C@H](COCN2C(=O)c3ccccc3C2=O)[C@@H](OCc2ccccc2)[C@H](OCc2ccccc2)[C@H]1OCc1ccccc1. The van der Waals surface area contributed by atoms with Gasteiger partial charge in [-0.3, -0.25) is 9.59 Å². The van der Waals surface area contributed by atoms with Crippen molar-refractivity contribution in [2.45, 2.75) is 50.5 Å². The van der Waals surface area contributed by atoms with E-state index in [9.17, 15) is 9.59 Å². The molecule has 0 unspecified atom stereocenters. The van der Waals surface area contributed by atoms with E-state index in [0.29, 0.717) is 24.3 Å². The number of carbonyl (C=O) groups excluding carboxylic acids is 2. The number of hydrogen-bond acceptors (Lipinski definition) is 8. The summed E-state index contributed by atoms with van der Waals surface area (Å²) in [6.45, 7) is 0.674. The van der Waals surface area contributed by atoms with Crippen molar-refractivity contribution in [3.8, 4) is 0 Å². The Balaban J connectivity index is 1.23. The zero-order valence-electron chi connectivity index (χ0n) is 25.6. The minimum Gasteiger partial charge on any atom is -0.368 e. The number of nitrogens with zero attached hydrogens (tertiary/aromatic N) is 1. The van der Waals surface area contributed by atoms with Crippen LogP contribution in [0.1, 0.15) is 37.4 Å². The van der Waals surface area contributed by atoms with Gasteiger partial charge in [0.1, 0.15) is 31.1 Å². The molecule has 0 bridgehead atoms. The van der Waals surface area contributed by atoms with Gasteiger partial charge in [0.15, 0.2) is 6.29 Å². The summed E-state index contributed by atoms with van der Waals surface area (Å²) in [7, 11) is 1.56. The quantitative estimate of drug-likeness (QED) is 0.173. The lowest BCUT2D eigenvalue weighted by Crippen LogP contribution is -2.61. The highest BCUT2D eigenvalue weighted by molar-refractivity contribution is 6.21. The van der Waals surface area contributed by atoms with Crippen molar-refractivity contribution in [1.29, 1.82) is 0 Å². The maximum Gasteiger partial charge on any atom is 0.263 e. The molecule has 0 saturated carbocycles. The van der Waals surface area contributed by atoms with Crippen LogP contribution < -0.4 is 0 Å². The number of carbonyl (C=O) groups is 2. The van der Waals surface area contributed by atoms with Crippen LogP contribution in [0.4, 0.5) is 0 Å². The molecule has 9 heteroatoms. The van der Waals surface area contributed by atoms with E-state index in [0.717, 1.165) is 21.6 Å². The van der Waals surface area contributed by atoms with E-state index in [1.54, 1.807) is 31.4 Å². The van der Waals surface area contributed by atoms with E-state index < -0.39 is 42.5 Å². The summed E-state index contributed by atoms with van der Waals surface area (Å²) >= 11 is 0. The zero-order chi connectivity index (χ0) is 31.7. The van der Waals surface area contributed by atoms with Crippen LogP contribution in [0, 0.1) is 0 Å². The Morgan fingerprint density at radius 3 is 1.50 bits per heavy atom. The normalized spacial score (nSPS) is 22.6. The van der Waals surface area contributed by atoms with Gasteiger partial charge in [0.05, 0.1) is 37.6 Å². The number of amides is 2. The van der Waals surface area contributed by atoms with Crippen LogP contribution in [0.2, 0.25) is 0 Å². The molecule has 2 aliphatic rings. The molecule has 5 atom stereocenters. The van der Waals surface area contributed by atoms with Gasteiger partial charge in [0.2, 0.25) is 0 Å². The van der Waals surface area contributed by atoms with Crippen LogP contribution in [0.25, 0.3) is 0 Å². The molecule has 6 rings (SSSR count). The van der Waals surface area contributed by atoms with Gasteiger partial charge in [-0.25, -0.2) is 4.90 Å². The molecular weight excluding hydrogens is 586 g/mol. The molecule has 0 aromatic heterocycles. The molecule has 0 radical (unpaired) electrons. The maximum absolute atomic E-state index is 12.9. The first-order chi connectivity index (χ1) is 22.6. The predicted octanol–water partition coefficient (Wildman–Crippen LogP) is 5.38. The third-order valence-corrected chi connectivity index (χ3v) is 8.06. The standard InChI is InChI=1S/C37H37NO8/c1-41-37-34(45-23-28-17-9-4-10-18-28)33(44-22-27-15-7-3-8-16-27)32(43-21-26-13-5-2-6-14-26)31(46-37)24-42-25-38-35(39)29-19-11-12-20-30(29)36(38)40/h2-20,31-34,37H,21-25H2,1H3/t31-,32-,33+,34-,37-/m1/s1. The van der Waals surface area contributed by atoms with Gasteiger partial charge in [-0.2, -0.15) is 0 Å². The van der Waals surface area contributed by atoms with Crippen LogP contribution >= 0.6 is 0 Å². The summed E-state index contributed by atoms with van der Waals surface area (Å²) in [4.78, 5) is 26.9. The second-order valence-electron chi connectivity index (χ2n) is 11.1. The third kappa shape index (κ3) is 7.42. The molecule has 9 nitrogen and oxygen atoms in total. The Hall–Kier alpha value is -4.22. The van der Waals surface area contributed by atoms with Gasteiger partial charge < -0.3 is 28.4 Å². The number of imide groups is 1. The Morgan fingerprint density at radius 1 is 0.587 bits per heavy atom. The number of ether oxygens (including phenoxy) is 6. The average molecular weight is 624 g/mol. The van der Waals surface area contributed by atoms with Gasteiger partial charge >= 0.3 is 0 Å². The fourth-order valence-electron chi connectivity index (χ4n) is 5.69. The smallest absolute Gasteiger partial charge is 0.263 e. The van der Waals surface area contributed by atoms with Crippen LogP contribution in [-0.2, 0) is 48.2 Å². The summed E-state index contributed by atoms with van der Waals surface area (Å²) in [5.41, 5.74) is 3.69. The number of hydrogen-bond donors (Lipinski definition) is 0. The molecule has 0 aliphatic carbocycles. The van der Waals surface area contributed by atoms with Gasteiger partial charge in [0, 0.05) is 7.11 Å². The minimum absolute atomic E-state index is 0.00330. The number of methoxy groups -OCH3 is 1. The average Bonchev–Trinajstić information content (AvgIpc) is 3.35. The van der Waals surface area contributed by atoms with Gasteiger partial charge in [-0.1, -0.05) is 103 Å². The van der Waals surface area contributed by atoms with Crippen molar-refractivity contribution in [3.05, 3.63) is 143 Å². The summed E-state index contributed by atoms with van der Waals surface area (Å²) in [5, 5.41) is 0. The lowest BCUT2D eigenvalue weighted by molar-refractivity contribution is -0.323. The second-order valence-corrected chi connectivity index (χ2v) is 11.1. The molecule has 0 spiro atoms. The van der Waals surface area contributed by atoms with Crippen molar-refractivity contribution in [3.63, 3.8) is 0 Å². The summed E-state index contributed by atoms with van der Waals surface area (Å²) in [5.74, 6) is -0.787. The number of rotatable bonds is 14. The molecule has 4 aromatic rings. The zero-order valence-corrected chi connectivity index (χ0v) is 25.6. The highest BCUT2D eigenvalue weighted by Gasteiger charge is 2.49. The molecule has 4 aromatic carbocycles. The van der Waals surface area contributed by atoms with Crippen molar-refractivity contribution < 1.29 is 38.0 Å². The first-order valence-corrected chi connectivity index (χ1v) is 15.3. The Bertz CT molecular complexity index is 1530. The Kier molecular flexibility index (Phi) is 10.6. The molecule has 2 heterocycles. The van der Waals surface area contributed by atoms with Gasteiger partial charge in [-0.15, -0.1) is 0 Å². The van der Waals surface area contributed by atoms with E-state index in [1.165, 1.54) is 0 Å². The highest BCUT2D eigenvalue weighted by Crippen LogP contribution is 2.31. The molecule has 0 N–H and O–H groups in total. The van der Waals surface area contributed by atoms with Gasteiger partial charge in [0.25, 0.3) is 11.8 Å². The highest BCUT2D eigenvalue weighted by atomic mass is 16.7. The van der Waals surface area contributed by atoms with Crippen LogP contribution in [0.3, 0.4) is 0 Å². The fourth-order valence-corrected chi connectivity index (χ4v) is 5.69. The van der Waals surface area contributed by atoms with Crippen LogP contribution in [0.15, 0.2) is 115 Å². The van der Waals surface area contributed by atoms with Crippen molar-refractivity contribution in [2.24, 2.45) is 0 Å². The Morgan fingerprint density at radius 2 is 1.02 bits per heavy atom. The summed E-state index contributed by atoms with van der Waals surface area (Å²) in [6.07, 6.45) is -3.42. The van der Waals surface area contributed by atoms with Crippen molar-refractivity contribution in [2.75, 3.05) is 20.4 Å². The van der Waals surface area contributed by atoms with Gasteiger partial charge in [-0.05, 0) is 28.8 Å². The minimum atomic E-state index is -0.811. The molecule has 2 amide bonds. The summed E-state index contributed by atoms with van der Waals surface area (Å²) in [6, 6.07) is 36.3. The predicted molar refractivity (Wildman–Crippen MR) is 168 cm³/mol. The lowest BCUT2D eigenvalue weighted by atomic mass is 9.98. The van der Waals surface area contributed by atoms with E-state index in [1.807, 2.05) is 91.0 Å². The van der Waals surface area contributed by atoms with Crippen molar-refractivity contribution >= 4 is 11.8 Å². The monoisotopic (exact) mass is 623 g/mol. The Labute approximate surface area is 268 Å². The van der Waals surface area contributed by atoms with E-state index >= 15 is 0 Å². The van der Waals surface area contributed by atoms with Crippen LogP contribution in [0.5, 0.6) is 0 Å². The molecule has 2 aliphatic heterocycles. The first kappa shape index (κ1) is 31.7. The topological polar surface area (TPSA) is 92.8 Å². The number of fused-ring (bicyclic) bond motifs is 1. The van der Waals surface area contributed by atoms with E-state index in [-0.39, 0.29) is 19.9 Å². The third-order valence-electron chi connectivity index (χ3n) is 8.06. The van der Waals surface area contributed by atoms with Crippen LogP contribution in [-0.4, -0.2) is 67.9 Å². The molecule has 238 valence electrons. The molecule has 1 fully saturated rings. The molecule has 46 heavy (non-hydrogen) atoms. The fraction of sp³-hybridized carbons (Fsp3) is 0.297. The molecule has 1 saturated heterocycles. The van der Waals surface area contributed by atoms with Crippen molar-refractivity contribution in [1.82, 2.24) is 4.90 Å².